The number of halogens is 3. The van der Waals surface area contributed by atoms with Crippen molar-refractivity contribution >= 4 is 17.5 Å². The van der Waals surface area contributed by atoms with E-state index in [0.29, 0.717) is 18.5 Å². The predicted molar refractivity (Wildman–Crippen MR) is 63.0 cm³/mol. The van der Waals surface area contributed by atoms with Gasteiger partial charge in [0.05, 0.1) is 0 Å². The van der Waals surface area contributed by atoms with Gasteiger partial charge in [-0.15, -0.1) is 11.6 Å². The van der Waals surface area contributed by atoms with E-state index in [0.717, 1.165) is 6.07 Å². The van der Waals surface area contributed by atoms with Gasteiger partial charge >= 0.3 is 0 Å². The number of amides is 1. The SMILES string of the molecule is CN(CCc1ccc(F)cc1F)C(=O)CCCl. The van der Waals surface area contributed by atoms with Crippen molar-refractivity contribution in [3.8, 4) is 0 Å². The Hall–Kier alpha value is -1.16. The fourth-order valence-corrected chi connectivity index (χ4v) is 1.57. The first kappa shape index (κ1) is 13.9. The molecular formula is C12H14ClF2NO. The molecule has 0 aliphatic heterocycles. The fourth-order valence-electron chi connectivity index (χ4n) is 1.41. The zero-order valence-electron chi connectivity index (χ0n) is 9.55. The van der Waals surface area contributed by atoms with E-state index in [2.05, 4.69) is 0 Å². The highest BCUT2D eigenvalue weighted by atomic mass is 35.5. The van der Waals surface area contributed by atoms with E-state index in [1.54, 1.807) is 7.05 Å². The molecule has 0 aliphatic carbocycles. The molecule has 0 atom stereocenters. The monoisotopic (exact) mass is 261 g/mol. The molecule has 0 saturated heterocycles. The van der Waals surface area contributed by atoms with Crippen molar-refractivity contribution in [1.29, 1.82) is 0 Å². The quantitative estimate of drug-likeness (QED) is 0.746. The first-order valence-electron chi connectivity index (χ1n) is 5.28. The zero-order chi connectivity index (χ0) is 12.8. The highest BCUT2D eigenvalue weighted by Crippen LogP contribution is 2.10. The van der Waals surface area contributed by atoms with Gasteiger partial charge in [0, 0.05) is 32.0 Å². The number of nitrogens with zero attached hydrogens (tertiary/aromatic N) is 1. The van der Waals surface area contributed by atoms with Crippen LogP contribution in [0.5, 0.6) is 0 Å². The summed E-state index contributed by atoms with van der Waals surface area (Å²) >= 11 is 5.45. The molecule has 1 rings (SSSR count). The van der Waals surface area contributed by atoms with Gasteiger partial charge in [-0.2, -0.15) is 0 Å². The summed E-state index contributed by atoms with van der Waals surface area (Å²) in [5.74, 6) is -0.989. The second-order valence-corrected chi connectivity index (χ2v) is 4.12. The van der Waals surface area contributed by atoms with Gasteiger partial charge in [0.25, 0.3) is 0 Å². The Labute approximate surface area is 104 Å². The van der Waals surface area contributed by atoms with Crippen LogP contribution in [0, 0.1) is 11.6 Å². The van der Waals surface area contributed by atoms with E-state index in [1.165, 1.54) is 17.0 Å². The van der Waals surface area contributed by atoms with Crippen LogP contribution in [-0.2, 0) is 11.2 Å². The van der Waals surface area contributed by atoms with Crippen molar-refractivity contribution in [2.24, 2.45) is 0 Å². The van der Waals surface area contributed by atoms with Gasteiger partial charge in [-0.25, -0.2) is 8.78 Å². The summed E-state index contributed by atoms with van der Waals surface area (Å²) in [4.78, 5) is 12.9. The van der Waals surface area contributed by atoms with E-state index in [9.17, 15) is 13.6 Å². The fraction of sp³-hybridized carbons (Fsp3) is 0.417. The molecule has 0 bridgehead atoms. The van der Waals surface area contributed by atoms with E-state index >= 15 is 0 Å². The van der Waals surface area contributed by atoms with Crippen molar-refractivity contribution in [2.75, 3.05) is 19.5 Å². The minimum absolute atomic E-state index is 0.0810. The lowest BCUT2D eigenvalue weighted by atomic mass is 10.1. The number of hydrogen-bond acceptors (Lipinski definition) is 1. The minimum Gasteiger partial charge on any atom is -0.345 e. The van der Waals surface area contributed by atoms with Crippen LogP contribution in [0.15, 0.2) is 18.2 Å². The molecule has 0 heterocycles. The molecule has 1 aromatic rings. The number of alkyl halides is 1. The molecule has 5 heteroatoms. The normalized spacial score (nSPS) is 10.4. The molecule has 0 radical (unpaired) electrons. The van der Waals surface area contributed by atoms with Gasteiger partial charge in [0.2, 0.25) is 5.91 Å². The maximum atomic E-state index is 13.3. The smallest absolute Gasteiger partial charge is 0.223 e. The number of likely N-dealkylation sites (N-methyl/N-ethyl adjacent to an activating group) is 1. The molecule has 0 spiro atoms. The van der Waals surface area contributed by atoms with Crippen LogP contribution in [0.3, 0.4) is 0 Å². The Kier molecular flexibility index (Phi) is 5.35. The lowest BCUT2D eigenvalue weighted by Crippen LogP contribution is -2.29. The van der Waals surface area contributed by atoms with E-state index < -0.39 is 11.6 Å². The molecule has 0 unspecified atom stereocenters. The van der Waals surface area contributed by atoms with E-state index in [1.807, 2.05) is 0 Å². The van der Waals surface area contributed by atoms with E-state index in [-0.39, 0.29) is 18.2 Å². The molecule has 2 nitrogen and oxygen atoms in total. The molecule has 0 N–H and O–H groups in total. The minimum atomic E-state index is -0.599. The third kappa shape index (κ3) is 4.30. The number of hydrogen-bond donors (Lipinski definition) is 0. The first-order valence-corrected chi connectivity index (χ1v) is 5.82. The topological polar surface area (TPSA) is 20.3 Å². The maximum Gasteiger partial charge on any atom is 0.223 e. The molecule has 0 aliphatic rings. The summed E-state index contributed by atoms with van der Waals surface area (Å²) in [6.45, 7) is 0.387. The summed E-state index contributed by atoms with van der Waals surface area (Å²) in [6, 6.07) is 3.44. The molecule has 17 heavy (non-hydrogen) atoms. The Morgan fingerprint density at radius 3 is 2.71 bits per heavy atom. The van der Waals surface area contributed by atoms with Gasteiger partial charge < -0.3 is 4.90 Å². The average molecular weight is 262 g/mol. The van der Waals surface area contributed by atoms with Crippen molar-refractivity contribution in [3.63, 3.8) is 0 Å². The Morgan fingerprint density at radius 2 is 2.12 bits per heavy atom. The number of benzene rings is 1. The predicted octanol–water partition coefficient (Wildman–Crippen LogP) is 2.59. The second-order valence-electron chi connectivity index (χ2n) is 3.74. The van der Waals surface area contributed by atoms with Crippen LogP contribution in [-0.4, -0.2) is 30.3 Å². The highest BCUT2D eigenvalue weighted by molar-refractivity contribution is 6.18. The van der Waals surface area contributed by atoms with Crippen molar-refractivity contribution < 1.29 is 13.6 Å². The Morgan fingerprint density at radius 1 is 1.41 bits per heavy atom. The lowest BCUT2D eigenvalue weighted by Gasteiger charge is -2.16. The summed E-state index contributed by atoms with van der Waals surface area (Å²) in [6.07, 6.45) is 0.626. The lowest BCUT2D eigenvalue weighted by molar-refractivity contribution is -0.129. The van der Waals surface area contributed by atoms with Crippen LogP contribution in [0.1, 0.15) is 12.0 Å². The summed E-state index contributed by atoms with van der Waals surface area (Å²) in [7, 11) is 1.64. The number of rotatable bonds is 5. The largest absolute Gasteiger partial charge is 0.345 e. The van der Waals surface area contributed by atoms with Gasteiger partial charge in [0.1, 0.15) is 11.6 Å². The van der Waals surface area contributed by atoms with Gasteiger partial charge in [-0.1, -0.05) is 6.07 Å². The average Bonchev–Trinajstić information content (AvgIpc) is 2.27. The summed E-state index contributed by atoms with van der Waals surface area (Å²) in [5.41, 5.74) is 0.400. The van der Waals surface area contributed by atoms with Crippen LogP contribution < -0.4 is 0 Å². The standard InChI is InChI=1S/C12H14ClF2NO/c1-16(12(17)4-6-13)7-5-9-2-3-10(14)8-11(9)15/h2-3,8H,4-7H2,1H3. The van der Waals surface area contributed by atoms with Crippen molar-refractivity contribution in [1.82, 2.24) is 4.90 Å². The van der Waals surface area contributed by atoms with Gasteiger partial charge in [0.15, 0.2) is 0 Å². The number of carbonyl (C=O) groups is 1. The van der Waals surface area contributed by atoms with Gasteiger partial charge in [-0.05, 0) is 18.1 Å². The third-order valence-corrected chi connectivity index (χ3v) is 2.65. The molecule has 0 saturated carbocycles. The van der Waals surface area contributed by atoms with Crippen LogP contribution in [0.2, 0.25) is 0 Å². The molecule has 1 amide bonds. The molecule has 0 aromatic heterocycles. The van der Waals surface area contributed by atoms with Crippen LogP contribution >= 0.6 is 11.6 Å². The molecule has 1 aromatic carbocycles. The first-order chi connectivity index (χ1) is 8.04. The molecule has 94 valence electrons. The Bertz CT molecular complexity index is 398. The van der Waals surface area contributed by atoms with Crippen LogP contribution in [0.25, 0.3) is 0 Å². The Balaban J connectivity index is 2.52. The zero-order valence-corrected chi connectivity index (χ0v) is 10.3. The maximum absolute atomic E-state index is 13.3. The second kappa shape index (κ2) is 6.55. The van der Waals surface area contributed by atoms with E-state index in [4.69, 9.17) is 11.6 Å². The van der Waals surface area contributed by atoms with Gasteiger partial charge in [-0.3, -0.25) is 4.79 Å². The summed E-state index contributed by atoms with van der Waals surface area (Å²) < 4.78 is 25.9. The number of carbonyl (C=O) groups excluding carboxylic acids is 1. The third-order valence-electron chi connectivity index (χ3n) is 2.47. The van der Waals surface area contributed by atoms with Crippen molar-refractivity contribution in [3.05, 3.63) is 35.4 Å². The molecule has 0 fully saturated rings. The molecular weight excluding hydrogens is 248 g/mol. The van der Waals surface area contributed by atoms with Crippen molar-refractivity contribution in [2.45, 2.75) is 12.8 Å². The highest BCUT2D eigenvalue weighted by Gasteiger charge is 2.09. The van der Waals surface area contributed by atoms with Crippen LogP contribution in [0.4, 0.5) is 8.78 Å². The summed E-state index contributed by atoms with van der Waals surface area (Å²) in [5, 5.41) is 0.